The minimum Gasteiger partial charge on any atom is -0.357 e. The number of thioether (sulfide) groups is 1. The molecule has 2 aromatic carbocycles. The van der Waals surface area contributed by atoms with Gasteiger partial charge in [-0.25, -0.2) is 0 Å². The van der Waals surface area contributed by atoms with E-state index >= 15 is 0 Å². The zero-order chi connectivity index (χ0) is 21.2. The fourth-order valence-electron chi connectivity index (χ4n) is 3.03. The average Bonchev–Trinajstić information content (AvgIpc) is 2.72. The summed E-state index contributed by atoms with van der Waals surface area (Å²) in [6.07, 6.45) is 1.27. The van der Waals surface area contributed by atoms with Crippen molar-refractivity contribution in [3.05, 3.63) is 69.7 Å². The van der Waals surface area contributed by atoms with Gasteiger partial charge in [-0.05, 0) is 36.1 Å². The number of nitrogens with zero attached hydrogens (tertiary/aromatic N) is 1. The number of halogens is 2. The monoisotopic (exact) mass is 452 g/mol. The number of carbonyl (C=O) groups excluding carboxylic acids is 2. The molecule has 2 rings (SSSR count). The molecule has 0 saturated carbocycles. The molecule has 156 valence electrons. The summed E-state index contributed by atoms with van der Waals surface area (Å²) < 4.78 is 0. The first-order valence-electron chi connectivity index (χ1n) is 9.53. The fourth-order valence-corrected chi connectivity index (χ4v) is 4.50. The first-order valence-corrected chi connectivity index (χ1v) is 11.4. The summed E-state index contributed by atoms with van der Waals surface area (Å²) >= 11 is 13.6. The predicted molar refractivity (Wildman–Crippen MR) is 123 cm³/mol. The Morgan fingerprint density at radius 1 is 1.14 bits per heavy atom. The Hall–Kier alpha value is -1.69. The van der Waals surface area contributed by atoms with E-state index in [2.05, 4.69) is 5.32 Å². The number of nitrogens with one attached hydrogen (secondary N) is 1. The summed E-state index contributed by atoms with van der Waals surface area (Å²) in [5.74, 6) is 0.692. The van der Waals surface area contributed by atoms with Gasteiger partial charge in [-0.2, -0.15) is 0 Å². The van der Waals surface area contributed by atoms with Gasteiger partial charge in [-0.15, -0.1) is 11.8 Å². The van der Waals surface area contributed by atoms with Crippen LogP contribution < -0.4 is 5.32 Å². The van der Waals surface area contributed by atoms with Gasteiger partial charge in [0.1, 0.15) is 6.04 Å². The van der Waals surface area contributed by atoms with Gasteiger partial charge in [0.15, 0.2) is 0 Å². The van der Waals surface area contributed by atoms with Crippen molar-refractivity contribution in [3.63, 3.8) is 0 Å². The van der Waals surface area contributed by atoms with Gasteiger partial charge in [0.2, 0.25) is 11.8 Å². The van der Waals surface area contributed by atoms with E-state index in [1.165, 1.54) is 11.8 Å². The van der Waals surface area contributed by atoms with Gasteiger partial charge in [0, 0.05) is 29.4 Å². The standard InChI is InChI=1S/C22H26Cl2N2O2S/c1-3-20(22(28)25-2)26(12-11-16-7-5-4-6-8-16)21(27)15-29-14-17-9-10-18(23)13-19(17)24/h4-10,13,20H,3,11-12,14-15H2,1-2H3,(H,25,28). The molecule has 0 saturated heterocycles. The van der Waals surface area contributed by atoms with Crippen molar-refractivity contribution in [2.45, 2.75) is 31.6 Å². The Labute approximate surface area is 187 Å². The van der Waals surface area contributed by atoms with E-state index in [1.54, 1.807) is 24.1 Å². The van der Waals surface area contributed by atoms with Gasteiger partial charge < -0.3 is 10.2 Å². The Bertz CT molecular complexity index is 818. The molecule has 0 radical (unpaired) electrons. The third-order valence-electron chi connectivity index (χ3n) is 4.61. The van der Waals surface area contributed by atoms with E-state index < -0.39 is 6.04 Å². The van der Waals surface area contributed by atoms with Gasteiger partial charge in [-0.1, -0.05) is 66.5 Å². The second-order valence-electron chi connectivity index (χ2n) is 6.59. The second kappa shape index (κ2) is 12.1. The highest BCUT2D eigenvalue weighted by Gasteiger charge is 2.27. The Morgan fingerprint density at radius 2 is 1.86 bits per heavy atom. The molecule has 2 aromatic rings. The van der Waals surface area contributed by atoms with Crippen molar-refractivity contribution in [1.82, 2.24) is 10.2 Å². The largest absolute Gasteiger partial charge is 0.357 e. The molecular formula is C22H26Cl2N2O2S. The highest BCUT2D eigenvalue weighted by molar-refractivity contribution is 7.99. The van der Waals surface area contributed by atoms with Gasteiger partial charge in [0.25, 0.3) is 0 Å². The Morgan fingerprint density at radius 3 is 2.48 bits per heavy atom. The van der Waals surface area contributed by atoms with Crippen LogP contribution in [0, 0.1) is 0 Å². The van der Waals surface area contributed by atoms with Gasteiger partial charge in [-0.3, -0.25) is 9.59 Å². The lowest BCUT2D eigenvalue weighted by molar-refractivity contribution is -0.138. The van der Waals surface area contributed by atoms with Crippen LogP contribution in [0.4, 0.5) is 0 Å². The third kappa shape index (κ3) is 7.25. The van der Waals surface area contributed by atoms with Crippen molar-refractivity contribution < 1.29 is 9.59 Å². The van der Waals surface area contributed by atoms with E-state index in [9.17, 15) is 9.59 Å². The zero-order valence-electron chi connectivity index (χ0n) is 16.7. The maximum atomic E-state index is 13.0. The molecule has 2 amide bonds. The number of rotatable bonds is 10. The third-order valence-corrected chi connectivity index (χ3v) is 6.17. The predicted octanol–water partition coefficient (Wildman–Crippen LogP) is 4.82. The normalized spacial score (nSPS) is 11.7. The Balaban J connectivity index is 2.03. The van der Waals surface area contributed by atoms with Crippen molar-refractivity contribution in [2.75, 3.05) is 19.3 Å². The van der Waals surface area contributed by atoms with Crippen LogP contribution in [0.1, 0.15) is 24.5 Å². The van der Waals surface area contributed by atoms with Crippen LogP contribution in [0.15, 0.2) is 48.5 Å². The molecule has 0 bridgehead atoms. The number of benzene rings is 2. The lowest BCUT2D eigenvalue weighted by Gasteiger charge is -2.30. The molecule has 1 atom stereocenters. The molecule has 1 unspecified atom stereocenters. The summed E-state index contributed by atoms with van der Waals surface area (Å²) in [5, 5.41) is 3.85. The lowest BCUT2D eigenvalue weighted by Crippen LogP contribution is -2.50. The number of hydrogen-bond donors (Lipinski definition) is 1. The molecule has 29 heavy (non-hydrogen) atoms. The number of carbonyl (C=O) groups is 2. The lowest BCUT2D eigenvalue weighted by atomic mass is 10.1. The van der Waals surface area contributed by atoms with Crippen molar-refractivity contribution in [2.24, 2.45) is 0 Å². The highest BCUT2D eigenvalue weighted by Crippen LogP contribution is 2.25. The summed E-state index contributed by atoms with van der Waals surface area (Å²) in [6.45, 7) is 2.42. The van der Waals surface area contributed by atoms with Crippen LogP contribution in [0.3, 0.4) is 0 Å². The smallest absolute Gasteiger partial charge is 0.242 e. The van der Waals surface area contributed by atoms with Crippen LogP contribution in [0.5, 0.6) is 0 Å². The van der Waals surface area contributed by atoms with Gasteiger partial charge in [0.05, 0.1) is 5.75 Å². The highest BCUT2D eigenvalue weighted by atomic mass is 35.5. The maximum absolute atomic E-state index is 13.0. The fraction of sp³-hybridized carbons (Fsp3) is 0.364. The summed E-state index contributed by atoms with van der Waals surface area (Å²) in [4.78, 5) is 27.0. The molecule has 0 spiro atoms. The molecule has 1 N–H and O–H groups in total. The molecule has 0 aliphatic heterocycles. The van der Waals surface area contributed by atoms with E-state index in [4.69, 9.17) is 23.2 Å². The Kier molecular flexibility index (Phi) is 9.85. The van der Waals surface area contributed by atoms with Crippen molar-refractivity contribution in [1.29, 1.82) is 0 Å². The quantitative estimate of drug-likeness (QED) is 0.561. The van der Waals surface area contributed by atoms with E-state index in [-0.39, 0.29) is 17.6 Å². The summed E-state index contributed by atoms with van der Waals surface area (Å²) in [7, 11) is 1.60. The molecular weight excluding hydrogens is 427 g/mol. The van der Waals surface area contributed by atoms with Crippen molar-refractivity contribution >= 4 is 46.8 Å². The zero-order valence-corrected chi connectivity index (χ0v) is 19.0. The maximum Gasteiger partial charge on any atom is 0.242 e. The molecule has 0 aliphatic carbocycles. The van der Waals surface area contributed by atoms with E-state index in [0.29, 0.717) is 35.2 Å². The summed E-state index contributed by atoms with van der Waals surface area (Å²) in [6, 6.07) is 14.9. The average molecular weight is 453 g/mol. The minimum absolute atomic E-state index is 0.0496. The molecule has 0 aromatic heterocycles. The second-order valence-corrected chi connectivity index (χ2v) is 8.42. The molecule has 0 aliphatic rings. The topological polar surface area (TPSA) is 49.4 Å². The first-order chi connectivity index (χ1) is 14.0. The SMILES string of the molecule is CCC(C(=O)NC)N(CCc1ccccc1)C(=O)CSCc1ccc(Cl)cc1Cl. The van der Waals surface area contributed by atoms with Crippen LogP contribution in [0.2, 0.25) is 10.0 Å². The van der Waals surface area contributed by atoms with Crippen LogP contribution in [-0.2, 0) is 21.8 Å². The van der Waals surface area contributed by atoms with Gasteiger partial charge >= 0.3 is 0 Å². The minimum atomic E-state index is -0.476. The molecule has 0 fully saturated rings. The number of hydrogen-bond acceptors (Lipinski definition) is 3. The van der Waals surface area contributed by atoms with Crippen LogP contribution in [-0.4, -0.2) is 42.1 Å². The molecule has 7 heteroatoms. The van der Waals surface area contributed by atoms with Crippen LogP contribution >= 0.6 is 35.0 Å². The van der Waals surface area contributed by atoms with E-state index in [0.717, 1.165) is 11.1 Å². The number of likely N-dealkylation sites (N-methyl/N-ethyl adjacent to an activating group) is 1. The van der Waals surface area contributed by atoms with Crippen LogP contribution in [0.25, 0.3) is 0 Å². The van der Waals surface area contributed by atoms with Crippen molar-refractivity contribution in [3.8, 4) is 0 Å². The summed E-state index contributed by atoms with van der Waals surface area (Å²) in [5.41, 5.74) is 2.07. The first kappa shape index (κ1) is 23.6. The molecule has 4 nitrogen and oxygen atoms in total. The van der Waals surface area contributed by atoms with E-state index in [1.807, 2.05) is 43.3 Å². The molecule has 0 heterocycles. The number of amides is 2.